The summed E-state index contributed by atoms with van der Waals surface area (Å²) in [5.41, 5.74) is 4.85. The molecular formula is C39H50N6O4S2. The Morgan fingerprint density at radius 1 is 0.980 bits per heavy atom. The summed E-state index contributed by atoms with van der Waals surface area (Å²) in [7, 11) is 3.79. The van der Waals surface area contributed by atoms with E-state index in [1.807, 2.05) is 48.8 Å². The number of hydrogen-bond donors (Lipinski definition) is 1. The molecule has 1 N–H and O–H groups in total. The third kappa shape index (κ3) is 11.7. The summed E-state index contributed by atoms with van der Waals surface area (Å²) in [6, 6.07) is 19.4. The molecule has 0 aliphatic carbocycles. The summed E-state index contributed by atoms with van der Waals surface area (Å²) in [5, 5.41) is 6.17. The van der Waals surface area contributed by atoms with Crippen LogP contribution in [-0.4, -0.2) is 88.4 Å². The Kier molecular flexibility index (Phi) is 14.1. The lowest BCUT2D eigenvalue weighted by Crippen LogP contribution is -2.59. The number of aromatic nitrogens is 2. The summed E-state index contributed by atoms with van der Waals surface area (Å²) in [6.45, 7) is 6.48. The lowest BCUT2D eigenvalue weighted by Gasteiger charge is -2.41. The van der Waals surface area contributed by atoms with Crippen LogP contribution >= 0.6 is 22.7 Å². The van der Waals surface area contributed by atoms with Gasteiger partial charge in [-0.15, -0.1) is 22.7 Å². The second-order valence-electron chi connectivity index (χ2n) is 13.8. The Bertz CT molecular complexity index is 1670. The van der Waals surface area contributed by atoms with Crippen molar-refractivity contribution in [3.63, 3.8) is 0 Å². The van der Waals surface area contributed by atoms with Gasteiger partial charge in [-0.3, -0.25) is 9.78 Å². The summed E-state index contributed by atoms with van der Waals surface area (Å²) in [4.78, 5) is 56.3. The number of Topliss-reactive ketones (excluding diaryl/α,β-unsaturated/α-hetero) is 1. The second kappa shape index (κ2) is 18.9. The summed E-state index contributed by atoms with van der Waals surface area (Å²) < 4.78 is 5.53. The molecule has 51 heavy (non-hydrogen) atoms. The van der Waals surface area contributed by atoms with E-state index < -0.39 is 12.1 Å². The van der Waals surface area contributed by atoms with Crippen LogP contribution < -0.4 is 5.32 Å². The monoisotopic (exact) mass is 730 g/mol. The smallest absolute Gasteiger partial charge is 0.407 e. The van der Waals surface area contributed by atoms with Crippen LogP contribution in [0.2, 0.25) is 0 Å². The Morgan fingerprint density at radius 3 is 2.33 bits per heavy atom. The van der Waals surface area contributed by atoms with Crippen LogP contribution in [-0.2, 0) is 35.5 Å². The van der Waals surface area contributed by atoms with Crippen molar-refractivity contribution >= 4 is 40.6 Å². The van der Waals surface area contributed by atoms with Crippen molar-refractivity contribution in [2.24, 2.45) is 5.92 Å². The third-order valence-electron chi connectivity index (χ3n) is 9.25. The molecule has 0 unspecified atom stereocenters. The van der Waals surface area contributed by atoms with E-state index >= 15 is 0 Å². The molecule has 272 valence electrons. The molecule has 1 aliphatic rings. The number of alkyl carbamates (subject to hydrolysis) is 1. The average Bonchev–Trinajstić information content (AvgIpc) is 3.83. The highest BCUT2D eigenvalue weighted by atomic mass is 32.1. The molecule has 4 aromatic rings. The molecule has 10 nitrogen and oxygen atoms in total. The largest absolute Gasteiger partial charge is 0.444 e. The maximum Gasteiger partial charge on any atom is 0.407 e. The zero-order valence-electron chi connectivity index (χ0n) is 30.1. The number of nitrogens with zero attached hydrogens (tertiary/aromatic N) is 5. The number of hydrogen-bond acceptors (Lipinski definition) is 9. The van der Waals surface area contributed by atoms with Crippen molar-refractivity contribution in [1.82, 2.24) is 30.0 Å². The van der Waals surface area contributed by atoms with Gasteiger partial charge in [0.1, 0.15) is 12.6 Å². The number of ketones is 1. The molecule has 3 amide bonds. The quantitative estimate of drug-likeness (QED) is 0.132. The fourth-order valence-electron chi connectivity index (χ4n) is 6.48. The Balaban J connectivity index is 1.28. The van der Waals surface area contributed by atoms with Crippen LogP contribution in [0.25, 0.3) is 0 Å². The zero-order valence-corrected chi connectivity index (χ0v) is 31.7. The number of rotatable bonds is 16. The first kappa shape index (κ1) is 38.1. The van der Waals surface area contributed by atoms with Gasteiger partial charge >= 0.3 is 12.1 Å². The van der Waals surface area contributed by atoms with Gasteiger partial charge < -0.3 is 24.8 Å². The van der Waals surface area contributed by atoms with Crippen molar-refractivity contribution in [3.05, 3.63) is 104 Å². The number of likely N-dealkylation sites (N-methyl/N-ethyl adjacent to an activating group) is 1. The SMILES string of the molecule is CC(C)c1nc(CN(C)C(=O)N2CCN(C)C[C@@H]2C(=O)C[C@H](CC[C@@H](Cc2ccccc2)NC(=O)OCc2cncs2)Cc2ccccc2)cs1. The van der Waals surface area contributed by atoms with E-state index in [4.69, 9.17) is 9.72 Å². The van der Waals surface area contributed by atoms with Crippen LogP contribution in [0.4, 0.5) is 9.59 Å². The molecule has 0 radical (unpaired) electrons. The minimum Gasteiger partial charge on any atom is -0.444 e. The van der Waals surface area contributed by atoms with Gasteiger partial charge in [-0.2, -0.15) is 0 Å². The molecule has 0 saturated carbocycles. The first-order valence-electron chi connectivity index (χ1n) is 17.7. The van der Waals surface area contributed by atoms with E-state index in [0.717, 1.165) is 33.1 Å². The first-order chi connectivity index (χ1) is 24.6. The topological polar surface area (TPSA) is 108 Å². The normalized spacial score (nSPS) is 16.1. The van der Waals surface area contributed by atoms with E-state index in [-0.39, 0.29) is 30.4 Å². The summed E-state index contributed by atoms with van der Waals surface area (Å²) in [5.74, 6) is 0.414. The molecule has 2 aromatic carbocycles. The molecule has 1 saturated heterocycles. The predicted octanol–water partition coefficient (Wildman–Crippen LogP) is 7.03. The molecule has 3 heterocycles. The number of piperazine rings is 1. The van der Waals surface area contributed by atoms with Gasteiger partial charge in [0, 0.05) is 56.6 Å². The summed E-state index contributed by atoms with van der Waals surface area (Å²) in [6.07, 6.45) is 4.30. The van der Waals surface area contributed by atoms with Gasteiger partial charge in [0.2, 0.25) is 0 Å². The van der Waals surface area contributed by atoms with Crippen LogP contribution in [0.1, 0.15) is 65.7 Å². The van der Waals surface area contributed by atoms with Gasteiger partial charge in [-0.25, -0.2) is 14.6 Å². The predicted molar refractivity (Wildman–Crippen MR) is 203 cm³/mol. The number of benzene rings is 2. The lowest BCUT2D eigenvalue weighted by atomic mass is 9.86. The highest BCUT2D eigenvalue weighted by molar-refractivity contribution is 7.09. The molecule has 0 bridgehead atoms. The van der Waals surface area contributed by atoms with E-state index in [9.17, 15) is 14.4 Å². The van der Waals surface area contributed by atoms with Crippen molar-refractivity contribution in [2.45, 2.75) is 77.1 Å². The van der Waals surface area contributed by atoms with Gasteiger partial charge in [-0.1, -0.05) is 74.5 Å². The minimum atomic E-state index is -0.543. The number of carbonyl (C=O) groups is 3. The minimum absolute atomic E-state index is 0.0135. The molecular weight excluding hydrogens is 681 g/mol. The van der Waals surface area contributed by atoms with Crippen molar-refractivity contribution in [2.75, 3.05) is 33.7 Å². The highest BCUT2D eigenvalue weighted by Gasteiger charge is 2.36. The number of ether oxygens (including phenoxy) is 1. The highest BCUT2D eigenvalue weighted by Crippen LogP contribution is 2.25. The van der Waals surface area contributed by atoms with Crippen LogP contribution in [0.3, 0.4) is 0 Å². The molecule has 12 heteroatoms. The van der Waals surface area contributed by atoms with Crippen molar-refractivity contribution in [3.8, 4) is 0 Å². The average molecular weight is 731 g/mol. The number of thiazole rings is 2. The Morgan fingerprint density at radius 2 is 1.69 bits per heavy atom. The third-order valence-corrected chi connectivity index (χ3v) is 11.2. The number of urea groups is 1. The fraction of sp³-hybridized carbons (Fsp3) is 0.462. The van der Waals surface area contributed by atoms with E-state index in [0.29, 0.717) is 57.8 Å². The summed E-state index contributed by atoms with van der Waals surface area (Å²) >= 11 is 3.06. The molecule has 3 atom stereocenters. The van der Waals surface area contributed by atoms with Crippen LogP contribution in [0.5, 0.6) is 0 Å². The lowest BCUT2D eigenvalue weighted by molar-refractivity contribution is -0.126. The first-order valence-corrected chi connectivity index (χ1v) is 19.5. The van der Waals surface area contributed by atoms with Crippen LogP contribution in [0, 0.1) is 5.92 Å². The molecule has 1 fully saturated rings. The van der Waals surface area contributed by atoms with Gasteiger partial charge in [-0.05, 0) is 49.8 Å². The second-order valence-corrected chi connectivity index (χ2v) is 15.7. The molecule has 1 aliphatic heterocycles. The molecule has 0 spiro atoms. The van der Waals surface area contributed by atoms with Crippen LogP contribution in [0.15, 0.2) is 77.8 Å². The van der Waals surface area contributed by atoms with Gasteiger partial charge in [0.05, 0.1) is 27.6 Å². The number of nitrogens with one attached hydrogen (secondary N) is 1. The van der Waals surface area contributed by atoms with E-state index in [2.05, 4.69) is 53.3 Å². The maximum atomic E-state index is 14.3. The molecule has 5 rings (SSSR count). The Hall–Kier alpha value is -4.13. The van der Waals surface area contributed by atoms with Crippen molar-refractivity contribution < 1.29 is 19.1 Å². The van der Waals surface area contributed by atoms with Gasteiger partial charge in [0.25, 0.3) is 0 Å². The zero-order chi connectivity index (χ0) is 36.2. The van der Waals surface area contributed by atoms with Crippen molar-refractivity contribution in [1.29, 1.82) is 0 Å². The van der Waals surface area contributed by atoms with Gasteiger partial charge in [0.15, 0.2) is 5.78 Å². The maximum absolute atomic E-state index is 14.3. The number of carbonyl (C=O) groups excluding carboxylic acids is 3. The molecule has 2 aromatic heterocycles. The fourth-order valence-corrected chi connectivity index (χ4v) is 7.81. The standard InChI is InChI=1S/C39H50N6O4S2/c1-28(2)37-41-33(26-50-37)23-44(4)39(48)45-18-17-43(3)24-35(45)36(46)21-31(19-29-11-7-5-8-12-29)15-16-32(20-30-13-9-6-10-14-30)42-38(47)49-25-34-22-40-27-51-34/h5-14,22,26-28,31-32,35H,15-21,23-25H2,1-4H3,(H,42,47)/t31-,32+,35-/m1/s1. The number of amides is 3. The van der Waals surface area contributed by atoms with E-state index in [1.165, 1.54) is 11.3 Å². The van der Waals surface area contributed by atoms with E-state index in [1.54, 1.807) is 39.9 Å². The Labute approximate surface area is 309 Å².